The van der Waals surface area contributed by atoms with Crippen LogP contribution in [0.15, 0.2) is 42.6 Å². The highest BCUT2D eigenvalue weighted by atomic mass is 16.5. The Kier molecular flexibility index (Phi) is 6.45. The number of nitrogens with one attached hydrogen (secondary N) is 2. The highest BCUT2D eigenvalue weighted by molar-refractivity contribution is 6.05. The van der Waals surface area contributed by atoms with Gasteiger partial charge in [-0.3, -0.25) is 14.6 Å². The van der Waals surface area contributed by atoms with Crippen LogP contribution in [0, 0.1) is 6.92 Å². The summed E-state index contributed by atoms with van der Waals surface area (Å²) in [6, 6.07) is 10.6. The van der Waals surface area contributed by atoms with Crippen LogP contribution < -0.4 is 10.6 Å². The molecule has 126 valence electrons. The number of anilines is 1. The molecule has 2 N–H and O–H groups in total. The third-order valence-corrected chi connectivity index (χ3v) is 3.37. The Bertz CT molecular complexity index is 699. The molecule has 0 aliphatic heterocycles. The monoisotopic (exact) mass is 327 g/mol. The van der Waals surface area contributed by atoms with Gasteiger partial charge in [-0.15, -0.1) is 0 Å². The minimum Gasteiger partial charge on any atom is -0.385 e. The van der Waals surface area contributed by atoms with E-state index in [2.05, 4.69) is 15.6 Å². The molecule has 2 aromatic rings. The predicted octanol–water partition coefficient (Wildman–Crippen LogP) is 2.41. The molecule has 1 aromatic heterocycles. The number of carbonyl (C=O) groups is 2. The summed E-state index contributed by atoms with van der Waals surface area (Å²) < 4.78 is 4.92. The van der Waals surface area contributed by atoms with Crippen molar-refractivity contribution in [2.24, 2.45) is 0 Å². The van der Waals surface area contributed by atoms with E-state index in [-0.39, 0.29) is 17.5 Å². The van der Waals surface area contributed by atoms with Gasteiger partial charge in [0.2, 0.25) is 0 Å². The quantitative estimate of drug-likeness (QED) is 0.765. The van der Waals surface area contributed by atoms with Gasteiger partial charge in [0.05, 0.1) is 0 Å². The smallest absolute Gasteiger partial charge is 0.269 e. The molecule has 6 heteroatoms. The lowest BCUT2D eigenvalue weighted by Crippen LogP contribution is -2.26. The number of hydrogen-bond donors (Lipinski definition) is 2. The van der Waals surface area contributed by atoms with E-state index in [9.17, 15) is 9.59 Å². The maximum absolute atomic E-state index is 12.3. The number of methoxy groups -OCH3 is 1. The molecule has 0 aliphatic carbocycles. The zero-order valence-corrected chi connectivity index (χ0v) is 13.8. The number of hydrogen-bond acceptors (Lipinski definition) is 4. The van der Waals surface area contributed by atoms with Gasteiger partial charge < -0.3 is 15.4 Å². The van der Waals surface area contributed by atoms with Crippen molar-refractivity contribution >= 4 is 17.5 Å². The Hall–Kier alpha value is -2.73. The summed E-state index contributed by atoms with van der Waals surface area (Å²) in [5.41, 5.74) is 2.41. The summed E-state index contributed by atoms with van der Waals surface area (Å²) in [5, 5.41) is 5.54. The number of aromatic nitrogens is 1. The molecule has 0 saturated carbocycles. The largest absolute Gasteiger partial charge is 0.385 e. The van der Waals surface area contributed by atoms with Gasteiger partial charge in [0, 0.05) is 37.7 Å². The molecule has 0 unspecified atom stereocenters. The zero-order valence-electron chi connectivity index (χ0n) is 13.8. The molecule has 2 amide bonds. The average Bonchev–Trinajstić information content (AvgIpc) is 2.60. The number of rotatable bonds is 7. The van der Waals surface area contributed by atoms with Crippen LogP contribution in [0.1, 0.15) is 32.8 Å². The van der Waals surface area contributed by atoms with Gasteiger partial charge in [-0.1, -0.05) is 17.7 Å². The van der Waals surface area contributed by atoms with Crippen LogP contribution in [-0.2, 0) is 4.74 Å². The molecule has 0 radical (unpaired) electrons. The first-order valence-electron chi connectivity index (χ1n) is 7.71. The normalized spacial score (nSPS) is 10.2. The number of aryl methyl sites for hydroxylation is 1. The second kappa shape index (κ2) is 8.79. The number of carbonyl (C=O) groups excluding carboxylic acids is 2. The van der Waals surface area contributed by atoms with Crippen LogP contribution in [0.4, 0.5) is 5.69 Å². The maximum atomic E-state index is 12.3. The van der Waals surface area contributed by atoms with Crippen LogP contribution in [0.5, 0.6) is 0 Å². The van der Waals surface area contributed by atoms with Crippen molar-refractivity contribution in [2.75, 3.05) is 25.6 Å². The lowest BCUT2D eigenvalue weighted by molar-refractivity contribution is 0.0943. The summed E-state index contributed by atoms with van der Waals surface area (Å²) in [5.74, 6) is -0.592. The highest BCUT2D eigenvalue weighted by Gasteiger charge is 2.11. The molecule has 0 aliphatic rings. The Morgan fingerprint density at radius 1 is 1.12 bits per heavy atom. The Balaban J connectivity index is 1.99. The molecule has 24 heavy (non-hydrogen) atoms. The zero-order chi connectivity index (χ0) is 17.4. The second-order valence-electron chi connectivity index (χ2n) is 5.35. The molecule has 0 saturated heterocycles. The van der Waals surface area contributed by atoms with Crippen molar-refractivity contribution in [3.8, 4) is 0 Å². The van der Waals surface area contributed by atoms with Crippen molar-refractivity contribution < 1.29 is 14.3 Å². The van der Waals surface area contributed by atoms with E-state index < -0.39 is 0 Å². The van der Waals surface area contributed by atoms with E-state index >= 15 is 0 Å². The van der Waals surface area contributed by atoms with Crippen molar-refractivity contribution in [3.63, 3.8) is 0 Å². The average molecular weight is 327 g/mol. The summed E-state index contributed by atoms with van der Waals surface area (Å²) in [6.45, 7) is 3.05. The fourth-order valence-corrected chi connectivity index (χ4v) is 2.05. The summed E-state index contributed by atoms with van der Waals surface area (Å²) in [6.07, 6.45) is 2.17. The minimum absolute atomic E-state index is 0.212. The number of benzene rings is 1. The van der Waals surface area contributed by atoms with Gasteiger partial charge in [0.1, 0.15) is 5.69 Å². The molecule has 0 atom stereocenters. The van der Waals surface area contributed by atoms with Gasteiger partial charge >= 0.3 is 0 Å². The van der Waals surface area contributed by atoms with Crippen LogP contribution >= 0.6 is 0 Å². The fraction of sp³-hybridized carbons (Fsp3) is 0.278. The molecule has 0 fully saturated rings. The van der Waals surface area contributed by atoms with Crippen LogP contribution in [-0.4, -0.2) is 37.1 Å². The summed E-state index contributed by atoms with van der Waals surface area (Å²) in [4.78, 5) is 28.3. The van der Waals surface area contributed by atoms with Gasteiger partial charge in [0.15, 0.2) is 0 Å². The number of amides is 2. The molecular formula is C18H21N3O3. The molecule has 0 spiro atoms. The number of pyridine rings is 1. The molecule has 1 aromatic carbocycles. The van der Waals surface area contributed by atoms with E-state index in [1.54, 1.807) is 13.2 Å². The second-order valence-corrected chi connectivity index (χ2v) is 5.35. The molecule has 6 nitrogen and oxygen atoms in total. The molecule has 2 rings (SSSR count). The predicted molar refractivity (Wildman–Crippen MR) is 92.2 cm³/mol. The molecule has 0 bridgehead atoms. The third-order valence-electron chi connectivity index (χ3n) is 3.37. The lowest BCUT2D eigenvalue weighted by Gasteiger charge is -2.07. The Labute approximate surface area is 141 Å². The number of nitrogens with zero attached hydrogens (tertiary/aromatic N) is 1. The van der Waals surface area contributed by atoms with E-state index in [1.807, 2.05) is 31.2 Å². The van der Waals surface area contributed by atoms with Gasteiger partial charge in [-0.05, 0) is 37.6 Å². The van der Waals surface area contributed by atoms with Crippen LogP contribution in [0.2, 0.25) is 0 Å². The molecular weight excluding hydrogens is 306 g/mol. The van der Waals surface area contributed by atoms with E-state index in [1.165, 1.54) is 12.3 Å². The van der Waals surface area contributed by atoms with Crippen LogP contribution in [0.3, 0.4) is 0 Å². The van der Waals surface area contributed by atoms with E-state index in [4.69, 9.17) is 4.74 Å². The Morgan fingerprint density at radius 2 is 1.88 bits per heavy atom. The van der Waals surface area contributed by atoms with Gasteiger partial charge in [-0.25, -0.2) is 0 Å². The van der Waals surface area contributed by atoms with E-state index in [0.717, 1.165) is 12.0 Å². The summed E-state index contributed by atoms with van der Waals surface area (Å²) >= 11 is 0. The topological polar surface area (TPSA) is 80.3 Å². The van der Waals surface area contributed by atoms with Crippen molar-refractivity contribution in [1.82, 2.24) is 10.3 Å². The molecule has 1 heterocycles. The SMILES string of the molecule is COCCCNC(=O)c1cc(C(=O)Nc2ccc(C)cc2)ccn1. The maximum Gasteiger partial charge on any atom is 0.269 e. The van der Waals surface area contributed by atoms with Crippen molar-refractivity contribution in [1.29, 1.82) is 0 Å². The first kappa shape index (κ1) is 17.6. The third kappa shape index (κ3) is 5.17. The van der Waals surface area contributed by atoms with Crippen LogP contribution in [0.25, 0.3) is 0 Å². The van der Waals surface area contributed by atoms with E-state index in [0.29, 0.717) is 24.4 Å². The first-order valence-corrected chi connectivity index (χ1v) is 7.71. The van der Waals surface area contributed by atoms with Gasteiger partial charge in [-0.2, -0.15) is 0 Å². The number of ether oxygens (including phenoxy) is 1. The summed E-state index contributed by atoms with van der Waals surface area (Å²) in [7, 11) is 1.61. The van der Waals surface area contributed by atoms with Crippen molar-refractivity contribution in [2.45, 2.75) is 13.3 Å². The standard InChI is InChI=1S/C18H21N3O3/c1-13-4-6-15(7-5-13)21-17(22)14-8-10-19-16(12-14)18(23)20-9-3-11-24-2/h4-8,10,12H,3,9,11H2,1-2H3,(H,20,23)(H,21,22). The first-order chi connectivity index (χ1) is 11.6. The Morgan fingerprint density at radius 3 is 2.58 bits per heavy atom. The van der Waals surface area contributed by atoms with Crippen molar-refractivity contribution in [3.05, 3.63) is 59.4 Å². The lowest BCUT2D eigenvalue weighted by atomic mass is 10.2. The minimum atomic E-state index is -0.309. The fourth-order valence-electron chi connectivity index (χ4n) is 2.05. The van der Waals surface area contributed by atoms with Gasteiger partial charge in [0.25, 0.3) is 11.8 Å². The highest BCUT2D eigenvalue weighted by Crippen LogP contribution is 2.11.